The highest BCUT2D eigenvalue weighted by Gasteiger charge is 2.31. The average Bonchev–Trinajstić information content (AvgIpc) is 2.87. The van der Waals surface area contributed by atoms with Crippen LogP contribution >= 0.6 is 0 Å². The van der Waals surface area contributed by atoms with E-state index < -0.39 is 0 Å². The highest BCUT2D eigenvalue weighted by atomic mass is 16.5. The van der Waals surface area contributed by atoms with Crippen LogP contribution in [0.2, 0.25) is 0 Å². The molecule has 182 valence electrons. The maximum Gasteiger partial charge on any atom is 0.251 e. The molecule has 1 atom stereocenters. The fraction of sp³-hybridized carbons (Fsp3) is 0.481. The number of nitrogens with one attached hydrogen (secondary N) is 1. The van der Waals surface area contributed by atoms with Gasteiger partial charge in [-0.25, -0.2) is 0 Å². The highest BCUT2D eigenvalue weighted by molar-refractivity contribution is 5.94. The van der Waals surface area contributed by atoms with Gasteiger partial charge < -0.3 is 24.6 Å². The molecule has 1 saturated heterocycles. The molecule has 2 aliphatic rings. The van der Waals surface area contributed by atoms with Crippen molar-refractivity contribution in [2.75, 3.05) is 46.9 Å². The van der Waals surface area contributed by atoms with E-state index in [0.29, 0.717) is 24.4 Å². The first-order valence-corrected chi connectivity index (χ1v) is 12.1. The van der Waals surface area contributed by atoms with Crippen LogP contribution in [0.1, 0.15) is 39.9 Å². The number of rotatable bonds is 7. The number of fused-ring (bicyclic) bond motifs is 1. The monoisotopic (exact) mass is 465 g/mol. The van der Waals surface area contributed by atoms with E-state index in [-0.39, 0.29) is 17.7 Å². The minimum atomic E-state index is -0.0522. The summed E-state index contributed by atoms with van der Waals surface area (Å²) in [6.45, 7) is 6.38. The Morgan fingerprint density at radius 3 is 2.44 bits per heavy atom. The summed E-state index contributed by atoms with van der Waals surface area (Å²) in [5.74, 6) is 1.62. The molecule has 34 heavy (non-hydrogen) atoms. The molecule has 0 spiro atoms. The molecule has 2 aromatic carbocycles. The lowest BCUT2D eigenvalue weighted by atomic mass is 9.93. The number of carbonyl (C=O) groups is 2. The molecule has 7 nitrogen and oxygen atoms in total. The largest absolute Gasteiger partial charge is 0.493 e. The van der Waals surface area contributed by atoms with Gasteiger partial charge in [0.1, 0.15) is 0 Å². The Bertz CT molecular complexity index is 1020. The van der Waals surface area contributed by atoms with Crippen LogP contribution in [0.15, 0.2) is 36.4 Å². The third kappa shape index (κ3) is 5.53. The van der Waals surface area contributed by atoms with Crippen LogP contribution in [-0.2, 0) is 17.8 Å². The van der Waals surface area contributed by atoms with Gasteiger partial charge in [-0.15, -0.1) is 0 Å². The predicted octanol–water partition coefficient (Wildman–Crippen LogP) is 3.04. The van der Waals surface area contributed by atoms with E-state index in [2.05, 4.69) is 10.2 Å². The minimum absolute atomic E-state index is 0.00300. The quantitative estimate of drug-likeness (QED) is 0.681. The molecule has 0 aromatic heterocycles. The Morgan fingerprint density at radius 2 is 1.74 bits per heavy atom. The Balaban J connectivity index is 1.29. The van der Waals surface area contributed by atoms with E-state index in [4.69, 9.17) is 9.47 Å². The molecular weight excluding hydrogens is 430 g/mol. The van der Waals surface area contributed by atoms with Gasteiger partial charge in [0.05, 0.1) is 20.1 Å². The van der Waals surface area contributed by atoms with Gasteiger partial charge in [-0.2, -0.15) is 0 Å². The molecule has 2 aliphatic heterocycles. The SMILES string of the molecule is COc1cc2c(cc1OC)CN(C(=O)[C@@H]1CCCN(CCNC(=O)c3ccc(C)cc3)C1)CC2. The number of hydrogen-bond donors (Lipinski definition) is 1. The van der Waals surface area contributed by atoms with Crippen molar-refractivity contribution < 1.29 is 19.1 Å². The molecule has 1 N–H and O–H groups in total. The molecule has 4 rings (SSSR count). The Kier molecular flexibility index (Phi) is 7.73. The zero-order chi connectivity index (χ0) is 24.1. The molecule has 0 bridgehead atoms. The number of benzene rings is 2. The van der Waals surface area contributed by atoms with Crippen molar-refractivity contribution in [2.24, 2.45) is 5.92 Å². The third-order valence-electron chi connectivity index (χ3n) is 6.91. The zero-order valence-corrected chi connectivity index (χ0v) is 20.4. The van der Waals surface area contributed by atoms with Crippen molar-refractivity contribution in [2.45, 2.75) is 32.7 Å². The topological polar surface area (TPSA) is 71.1 Å². The second-order valence-electron chi connectivity index (χ2n) is 9.25. The number of aryl methyl sites for hydroxylation is 1. The Morgan fingerprint density at radius 1 is 1.03 bits per heavy atom. The number of nitrogens with zero attached hydrogens (tertiary/aromatic N) is 2. The van der Waals surface area contributed by atoms with Crippen LogP contribution in [0, 0.1) is 12.8 Å². The van der Waals surface area contributed by atoms with Crippen molar-refractivity contribution in [1.82, 2.24) is 15.1 Å². The number of amides is 2. The van der Waals surface area contributed by atoms with Crippen LogP contribution in [0.4, 0.5) is 0 Å². The number of piperidine rings is 1. The first-order valence-electron chi connectivity index (χ1n) is 12.1. The standard InChI is InChI=1S/C27H35N3O4/c1-19-6-8-20(9-7-19)26(31)28-11-14-29-12-4-5-22(17-29)27(32)30-13-10-21-15-24(33-2)25(34-3)16-23(21)18-30/h6-9,15-16,22H,4-5,10-14,17-18H2,1-3H3,(H,28,31)/t22-/m1/s1. The van der Waals surface area contributed by atoms with Crippen molar-refractivity contribution in [3.05, 3.63) is 58.7 Å². The first kappa shape index (κ1) is 24.1. The summed E-state index contributed by atoms with van der Waals surface area (Å²) in [5.41, 5.74) is 4.16. The fourth-order valence-corrected chi connectivity index (χ4v) is 4.92. The normalized spacial score (nSPS) is 18.2. The summed E-state index contributed by atoms with van der Waals surface area (Å²) in [6, 6.07) is 11.6. The van der Waals surface area contributed by atoms with E-state index >= 15 is 0 Å². The maximum absolute atomic E-state index is 13.4. The molecule has 7 heteroatoms. The average molecular weight is 466 g/mol. The molecule has 0 aliphatic carbocycles. The van der Waals surface area contributed by atoms with E-state index in [1.54, 1.807) is 14.2 Å². The fourth-order valence-electron chi connectivity index (χ4n) is 4.92. The van der Waals surface area contributed by atoms with E-state index in [1.807, 2.05) is 48.2 Å². The molecule has 1 fully saturated rings. The molecule has 2 heterocycles. The van der Waals surface area contributed by atoms with Crippen molar-refractivity contribution >= 4 is 11.8 Å². The van der Waals surface area contributed by atoms with Crippen LogP contribution < -0.4 is 14.8 Å². The van der Waals surface area contributed by atoms with Crippen molar-refractivity contribution in [3.63, 3.8) is 0 Å². The van der Waals surface area contributed by atoms with Gasteiger partial charge in [-0.3, -0.25) is 9.59 Å². The van der Waals surface area contributed by atoms with Gasteiger partial charge in [0.25, 0.3) is 5.91 Å². The molecule has 0 unspecified atom stereocenters. The van der Waals surface area contributed by atoms with Crippen molar-refractivity contribution in [3.8, 4) is 11.5 Å². The highest BCUT2D eigenvalue weighted by Crippen LogP contribution is 2.34. The number of carbonyl (C=O) groups excluding carboxylic acids is 2. The van der Waals surface area contributed by atoms with E-state index in [1.165, 1.54) is 5.56 Å². The van der Waals surface area contributed by atoms with Crippen LogP contribution in [-0.4, -0.2) is 68.6 Å². The maximum atomic E-state index is 13.4. The summed E-state index contributed by atoms with van der Waals surface area (Å²) in [4.78, 5) is 30.0. The van der Waals surface area contributed by atoms with Crippen molar-refractivity contribution in [1.29, 1.82) is 0 Å². The van der Waals surface area contributed by atoms with Gasteiger partial charge in [0.2, 0.25) is 5.91 Å². The summed E-state index contributed by atoms with van der Waals surface area (Å²) >= 11 is 0. The molecule has 2 amide bonds. The van der Waals surface area contributed by atoms with Gasteiger partial charge in [0.15, 0.2) is 11.5 Å². The zero-order valence-electron chi connectivity index (χ0n) is 20.4. The smallest absolute Gasteiger partial charge is 0.251 e. The molecule has 0 radical (unpaired) electrons. The summed E-state index contributed by atoms with van der Waals surface area (Å²) < 4.78 is 10.9. The van der Waals surface area contributed by atoms with Crippen LogP contribution in [0.3, 0.4) is 0 Å². The van der Waals surface area contributed by atoms with E-state index in [0.717, 1.165) is 62.3 Å². The van der Waals surface area contributed by atoms with Gasteiger partial charge in [0, 0.05) is 38.3 Å². The van der Waals surface area contributed by atoms with E-state index in [9.17, 15) is 9.59 Å². The number of likely N-dealkylation sites (tertiary alicyclic amines) is 1. The second-order valence-corrected chi connectivity index (χ2v) is 9.25. The number of hydrogen-bond acceptors (Lipinski definition) is 5. The lowest BCUT2D eigenvalue weighted by molar-refractivity contribution is -0.138. The van der Waals surface area contributed by atoms with Gasteiger partial charge in [-0.05, 0) is 68.1 Å². The first-order chi connectivity index (χ1) is 16.5. The Labute approximate surface area is 202 Å². The lowest BCUT2D eigenvalue weighted by Gasteiger charge is -2.37. The molecular formula is C27H35N3O4. The number of ether oxygens (including phenoxy) is 2. The summed E-state index contributed by atoms with van der Waals surface area (Å²) in [5, 5.41) is 3.01. The predicted molar refractivity (Wildman–Crippen MR) is 131 cm³/mol. The molecule has 2 aromatic rings. The lowest BCUT2D eigenvalue weighted by Crippen LogP contribution is -2.47. The van der Waals surface area contributed by atoms with Crippen LogP contribution in [0.25, 0.3) is 0 Å². The van der Waals surface area contributed by atoms with Gasteiger partial charge >= 0.3 is 0 Å². The third-order valence-corrected chi connectivity index (χ3v) is 6.91. The summed E-state index contributed by atoms with van der Waals surface area (Å²) in [6.07, 6.45) is 2.74. The Hall–Kier alpha value is -3.06. The van der Waals surface area contributed by atoms with Gasteiger partial charge in [-0.1, -0.05) is 17.7 Å². The van der Waals surface area contributed by atoms with Crippen LogP contribution in [0.5, 0.6) is 11.5 Å². The number of methoxy groups -OCH3 is 2. The molecule has 0 saturated carbocycles. The second kappa shape index (κ2) is 10.9. The minimum Gasteiger partial charge on any atom is -0.493 e. The summed E-state index contributed by atoms with van der Waals surface area (Å²) in [7, 11) is 3.28.